The maximum absolute atomic E-state index is 12.1. The molecule has 0 spiro atoms. The molecule has 0 aliphatic heterocycles. The topological polar surface area (TPSA) is 84.5 Å². The van der Waals surface area contributed by atoms with Crippen LogP contribution < -0.4 is 10.9 Å². The summed E-state index contributed by atoms with van der Waals surface area (Å²) in [4.78, 5) is 34.0. The van der Waals surface area contributed by atoms with E-state index in [0.717, 1.165) is 18.4 Å². The summed E-state index contributed by atoms with van der Waals surface area (Å²) in [5.74, 6) is -1.37. The monoisotopic (exact) mass is 276 g/mol. The van der Waals surface area contributed by atoms with E-state index in [9.17, 15) is 14.4 Å². The van der Waals surface area contributed by atoms with E-state index in [1.54, 1.807) is 0 Å². The first-order valence-corrected chi connectivity index (χ1v) is 6.33. The minimum atomic E-state index is -0.602. The van der Waals surface area contributed by atoms with Crippen LogP contribution in [0.1, 0.15) is 25.3 Å². The third-order valence-electron chi connectivity index (χ3n) is 3.18. The summed E-state index contributed by atoms with van der Waals surface area (Å²) in [6.45, 7) is 0.856. The average molecular weight is 276 g/mol. The summed E-state index contributed by atoms with van der Waals surface area (Å²) in [5, 5.41) is 0. The third kappa shape index (κ3) is 3.14. The highest BCUT2D eigenvalue weighted by Crippen LogP contribution is 2.49. The van der Waals surface area contributed by atoms with E-state index in [2.05, 4.69) is 10.9 Å². The van der Waals surface area contributed by atoms with Crippen molar-refractivity contribution in [3.05, 3.63) is 35.9 Å². The summed E-state index contributed by atoms with van der Waals surface area (Å²) in [6.07, 6.45) is 1.45. The fraction of sp³-hybridized carbons (Fsp3) is 0.357. The molecule has 20 heavy (non-hydrogen) atoms. The summed E-state index contributed by atoms with van der Waals surface area (Å²) in [6, 6.07) is 9.38. The van der Waals surface area contributed by atoms with Crippen molar-refractivity contribution in [3.8, 4) is 0 Å². The van der Waals surface area contributed by atoms with Gasteiger partial charge < -0.3 is 4.74 Å². The van der Waals surface area contributed by atoms with Crippen molar-refractivity contribution in [2.24, 2.45) is 0 Å². The Morgan fingerprint density at radius 1 is 1.15 bits per heavy atom. The van der Waals surface area contributed by atoms with Gasteiger partial charge in [-0.1, -0.05) is 30.3 Å². The lowest BCUT2D eigenvalue weighted by molar-refractivity contribution is -0.151. The van der Waals surface area contributed by atoms with Crippen molar-refractivity contribution in [1.82, 2.24) is 10.9 Å². The van der Waals surface area contributed by atoms with E-state index < -0.39 is 29.8 Å². The zero-order valence-corrected chi connectivity index (χ0v) is 11.1. The van der Waals surface area contributed by atoms with E-state index in [4.69, 9.17) is 4.74 Å². The highest BCUT2D eigenvalue weighted by atomic mass is 16.5. The number of nitrogens with one attached hydrogen (secondary N) is 2. The van der Waals surface area contributed by atoms with Gasteiger partial charge in [-0.05, 0) is 18.4 Å². The fourth-order valence-electron chi connectivity index (χ4n) is 1.96. The van der Waals surface area contributed by atoms with Crippen LogP contribution in [0.5, 0.6) is 0 Å². The lowest BCUT2D eigenvalue weighted by Gasteiger charge is -2.14. The first kappa shape index (κ1) is 14.0. The highest BCUT2D eigenvalue weighted by molar-refractivity contribution is 5.89. The third-order valence-corrected chi connectivity index (χ3v) is 3.18. The van der Waals surface area contributed by atoms with Gasteiger partial charge in [0.25, 0.3) is 5.91 Å². The molecule has 6 nitrogen and oxygen atoms in total. The molecule has 106 valence electrons. The number of carbonyl (C=O) groups is 3. The smallest absolute Gasteiger partial charge is 0.317 e. The molecule has 0 saturated heterocycles. The first-order valence-electron chi connectivity index (χ1n) is 6.33. The van der Waals surface area contributed by atoms with Crippen LogP contribution in [0, 0.1) is 0 Å². The van der Waals surface area contributed by atoms with Gasteiger partial charge in [0, 0.05) is 6.92 Å². The number of ether oxygens (including phenoxy) is 1. The summed E-state index contributed by atoms with van der Waals surface area (Å²) < 4.78 is 5.02. The number of hydrogen-bond acceptors (Lipinski definition) is 4. The zero-order valence-electron chi connectivity index (χ0n) is 11.1. The van der Waals surface area contributed by atoms with Crippen LogP contribution in [-0.2, 0) is 24.5 Å². The molecule has 2 rings (SSSR count). The SMILES string of the molecule is CC(=O)NNC(=O)COC(=O)C1(c2ccccc2)CC1. The standard InChI is InChI=1S/C14H16N2O4/c1-10(17)15-16-12(18)9-20-13(19)14(7-8-14)11-5-3-2-4-6-11/h2-6H,7-9H2,1H3,(H,15,17)(H,16,18). The number of benzene rings is 1. The molecule has 0 atom stereocenters. The predicted molar refractivity (Wildman–Crippen MR) is 70.3 cm³/mol. The van der Waals surface area contributed by atoms with Crippen LogP contribution >= 0.6 is 0 Å². The van der Waals surface area contributed by atoms with Crippen LogP contribution in [-0.4, -0.2) is 24.4 Å². The van der Waals surface area contributed by atoms with Crippen molar-refractivity contribution >= 4 is 17.8 Å². The van der Waals surface area contributed by atoms with E-state index in [1.807, 2.05) is 30.3 Å². The van der Waals surface area contributed by atoms with Gasteiger partial charge in [0.1, 0.15) is 0 Å². The molecule has 1 aliphatic rings. The number of hydrogen-bond donors (Lipinski definition) is 2. The number of amides is 2. The van der Waals surface area contributed by atoms with Crippen molar-refractivity contribution < 1.29 is 19.1 Å². The Labute approximate surface area is 116 Å². The van der Waals surface area contributed by atoms with Crippen LogP contribution in [0.4, 0.5) is 0 Å². The predicted octanol–water partition coefficient (Wildman–Crippen LogP) is 0.429. The molecule has 0 bridgehead atoms. The van der Waals surface area contributed by atoms with E-state index >= 15 is 0 Å². The Hall–Kier alpha value is -2.37. The quantitative estimate of drug-likeness (QED) is 0.617. The molecule has 0 unspecified atom stereocenters. The molecule has 1 aromatic rings. The summed E-state index contributed by atoms with van der Waals surface area (Å²) in [5.41, 5.74) is 4.57. The van der Waals surface area contributed by atoms with Gasteiger partial charge >= 0.3 is 5.97 Å². The second kappa shape index (κ2) is 5.73. The fourth-order valence-corrected chi connectivity index (χ4v) is 1.96. The lowest BCUT2D eigenvalue weighted by atomic mass is 9.96. The van der Waals surface area contributed by atoms with Crippen molar-refractivity contribution in [2.45, 2.75) is 25.2 Å². The number of carbonyl (C=O) groups excluding carboxylic acids is 3. The zero-order chi connectivity index (χ0) is 14.6. The Bertz CT molecular complexity index is 523. The summed E-state index contributed by atoms with van der Waals surface area (Å²) in [7, 11) is 0. The van der Waals surface area contributed by atoms with Crippen LogP contribution in [0.15, 0.2) is 30.3 Å². The van der Waals surface area contributed by atoms with E-state index in [1.165, 1.54) is 6.92 Å². The highest BCUT2D eigenvalue weighted by Gasteiger charge is 2.52. The van der Waals surface area contributed by atoms with Crippen molar-refractivity contribution in [3.63, 3.8) is 0 Å². The molecule has 1 saturated carbocycles. The maximum atomic E-state index is 12.1. The number of esters is 1. The molecular weight excluding hydrogens is 260 g/mol. The molecule has 1 fully saturated rings. The van der Waals surface area contributed by atoms with Crippen molar-refractivity contribution in [2.75, 3.05) is 6.61 Å². The van der Waals surface area contributed by atoms with Gasteiger partial charge in [-0.2, -0.15) is 0 Å². The normalized spacial score (nSPS) is 15.1. The molecule has 0 radical (unpaired) electrons. The minimum Gasteiger partial charge on any atom is -0.455 e. The number of hydrazine groups is 1. The van der Waals surface area contributed by atoms with Gasteiger partial charge in [-0.3, -0.25) is 25.2 Å². The number of rotatable bonds is 4. The maximum Gasteiger partial charge on any atom is 0.317 e. The molecule has 0 heterocycles. The van der Waals surface area contributed by atoms with Crippen molar-refractivity contribution in [1.29, 1.82) is 0 Å². The molecule has 2 amide bonds. The largest absolute Gasteiger partial charge is 0.455 e. The molecule has 2 N–H and O–H groups in total. The Morgan fingerprint density at radius 3 is 2.35 bits per heavy atom. The van der Waals surface area contributed by atoms with Gasteiger partial charge in [0.2, 0.25) is 5.91 Å². The molecular formula is C14H16N2O4. The van der Waals surface area contributed by atoms with Gasteiger partial charge in [0.05, 0.1) is 5.41 Å². The van der Waals surface area contributed by atoms with E-state index in [0.29, 0.717) is 0 Å². The van der Waals surface area contributed by atoms with E-state index in [-0.39, 0.29) is 0 Å². The molecule has 1 aromatic carbocycles. The Morgan fingerprint density at radius 2 is 1.80 bits per heavy atom. The van der Waals surface area contributed by atoms with Crippen LogP contribution in [0.25, 0.3) is 0 Å². The van der Waals surface area contributed by atoms with Gasteiger partial charge in [-0.15, -0.1) is 0 Å². The minimum absolute atomic E-state index is 0.396. The molecule has 0 aromatic heterocycles. The Kier molecular flexibility index (Phi) is 4.02. The Balaban J connectivity index is 1.87. The average Bonchev–Trinajstić information content (AvgIpc) is 3.25. The summed E-state index contributed by atoms with van der Waals surface area (Å²) >= 11 is 0. The lowest BCUT2D eigenvalue weighted by Crippen LogP contribution is -2.43. The van der Waals surface area contributed by atoms with Crippen LogP contribution in [0.3, 0.4) is 0 Å². The second-order valence-electron chi connectivity index (χ2n) is 4.75. The second-order valence-corrected chi connectivity index (χ2v) is 4.75. The van der Waals surface area contributed by atoms with Gasteiger partial charge in [-0.25, -0.2) is 0 Å². The van der Waals surface area contributed by atoms with Crippen LogP contribution in [0.2, 0.25) is 0 Å². The first-order chi connectivity index (χ1) is 9.54. The molecule has 1 aliphatic carbocycles. The van der Waals surface area contributed by atoms with Gasteiger partial charge in [0.15, 0.2) is 6.61 Å². The molecule has 6 heteroatoms.